The molecule has 7 N–H and O–H groups in total. The van der Waals surface area contributed by atoms with Gasteiger partial charge in [0.25, 0.3) is 0 Å². The lowest BCUT2D eigenvalue weighted by Gasteiger charge is -2.42. The zero-order valence-corrected chi connectivity index (χ0v) is 42.1. The van der Waals surface area contributed by atoms with E-state index in [1.54, 1.807) is 0 Å². The molecule has 2 saturated heterocycles. The SMILES string of the molecule is CCCCC/C=C\CCCCCCCCOCC(COC1OC(COC2OC(CO)C(O)C(O)C2O)C(O)C(O)C1O)OC(=O)CCCCCCCC/C=C\C/C=C\C/C=C\CCCCCCC. The highest BCUT2D eigenvalue weighted by Crippen LogP contribution is 2.26. The van der Waals surface area contributed by atoms with Crippen molar-refractivity contribution in [3.8, 4) is 0 Å². The normalized spacial score (nSPS) is 26.2. The lowest BCUT2D eigenvalue weighted by Crippen LogP contribution is -2.61. The Kier molecular flexibility index (Phi) is 37.9. The van der Waals surface area contributed by atoms with Gasteiger partial charge in [0.1, 0.15) is 54.9 Å². The summed E-state index contributed by atoms with van der Waals surface area (Å²) in [5, 5.41) is 72.1. The predicted octanol–water partition coefficient (Wildman–Crippen LogP) is 8.35. The lowest BCUT2D eigenvalue weighted by molar-refractivity contribution is -0.332. The summed E-state index contributed by atoms with van der Waals surface area (Å²) in [7, 11) is 0. The van der Waals surface area contributed by atoms with E-state index in [9.17, 15) is 40.5 Å². The van der Waals surface area contributed by atoms with E-state index in [0.717, 1.165) is 77.0 Å². The third-order valence-corrected chi connectivity index (χ3v) is 12.6. The minimum absolute atomic E-state index is 0.0510. The van der Waals surface area contributed by atoms with Gasteiger partial charge in [-0.3, -0.25) is 4.79 Å². The lowest BCUT2D eigenvalue weighted by atomic mass is 9.98. The minimum atomic E-state index is -1.71. The molecule has 14 heteroatoms. The maximum Gasteiger partial charge on any atom is 0.306 e. The molecule has 2 rings (SSSR count). The second kappa shape index (κ2) is 41.6. The van der Waals surface area contributed by atoms with Crippen LogP contribution in [0.2, 0.25) is 0 Å². The van der Waals surface area contributed by atoms with Gasteiger partial charge in [-0.2, -0.15) is 0 Å². The number of esters is 1. The van der Waals surface area contributed by atoms with E-state index in [1.807, 2.05) is 0 Å². The van der Waals surface area contributed by atoms with E-state index in [2.05, 4.69) is 62.5 Å². The number of carbonyl (C=O) groups is 1. The number of allylic oxidation sites excluding steroid dienone is 8. The van der Waals surface area contributed by atoms with Crippen molar-refractivity contribution in [1.82, 2.24) is 0 Å². The van der Waals surface area contributed by atoms with Crippen LogP contribution in [0.25, 0.3) is 0 Å². The van der Waals surface area contributed by atoms with Crippen LogP contribution in [0.5, 0.6) is 0 Å². The van der Waals surface area contributed by atoms with E-state index in [0.29, 0.717) is 13.0 Å². The molecule has 11 unspecified atom stereocenters. The van der Waals surface area contributed by atoms with Gasteiger partial charge in [0, 0.05) is 13.0 Å². The first kappa shape index (κ1) is 62.1. The molecule has 0 amide bonds. The summed E-state index contributed by atoms with van der Waals surface area (Å²) in [4.78, 5) is 13.0. The van der Waals surface area contributed by atoms with Gasteiger partial charge in [-0.1, -0.05) is 152 Å². The Balaban J connectivity index is 1.75. The summed E-state index contributed by atoms with van der Waals surface area (Å²) in [5.41, 5.74) is 0. The van der Waals surface area contributed by atoms with Crippen LogP contribution in [0.15, 0.2) is 48.6 Å². The summed E-state index contributed by atoms with van der Waals surface area (Å²) in [6.07, 6.45) is 31.7. The first-order chi connectivity index (χ1) is 33.1. The first-order valence-corrected chi connectivity index (χ1v) is 26.7. The molecule has 0 spiro atoms. The van der Waals surface area contributed by atoms with Crippen molar-refractivity contribution in [2.45, 2.75) is 255 Å². The molecular weight excluding hydrogens is 873 g/mol. The molecule has 14 nitrogen and oxygen atoms in total. The number of rotatable bonds is 42. The molecule has 2 aliphatic rings. The highest BCUT2D eigenvalue weighted by molar-refractivity contribution is 5.69. The minimum Gasteiger partial charge on any atom is -0.457 e. The molecule has 0 aliphatic carbocycles. The smallest absolute Gasteiger partial charge is 0.306 e. The predicted molar refractivity (Wildman–Crippen MR) is 266 cm³/mol. The van der Waals surface area contributed by atoms with E-state index in [1.165, 1.54) is 83.5 Å². The van der Waals surface area contributed by atoms with Gasteiger partial charge in [0.2, 0.25) is 0 Å². The zero-order valence-electron chi connectivity index (χ0n) is 42.1. The van der Waals surface area contributed by atoms with Gasteiger partial charge in [-0.25, -0.2) is 0 Å². The zero-order chi connectivity index (χ0) is 49.5. The molecule has 2 heterocycles. The van der Waals surface area contributed by atoms with Gasteiger partial charge >= 0.3 is 5.97 Å². The van der Waals surface area contributed by atoms with Gasteiger partial charge in [-0.15, -0.1) is 0 Å². The highest BCUT2D eigenvalue weighted by Gasteiger charge is 2.47. The number of ether oxygens (including phenoxy) is 6. The Morgan fingerprint density at radius 1 is 0.485 bits per heavy atom. The number of aliphatic hydroxyl groups excluding tert-OH is 7. The van der Waals surface area contributed by atoms with E-state index < -0.39 is 86.7 Å². The second-order valence-corrected chi connectivity index (χ2v) is 18.7. The Morgan fingerprint density at radius 3 is 1.47 bits per heavy atom. The fourth-order valence-electron chi connectivity index (χ4n) is 8.17. The monoisotopic (exact) mass is 969 g/mol. The molecule has 0 saturated carbocycles. The van der Waals surface area contributed by atoms with Gasteiger partial charge < -0.3 is 64.2 Å². The highest BCUT2D eigenvalue weighted by atomic mass is 16.7. The number of hydrogen-bond donors (Lipinski definition) is 7. The molecule has 68 heavy (non-hydrogen) atoms. The van der Waals surface area contributed by atoms with Gasteiger partial charge in [-0.05, 0) is 77.0 Å². The van der Waals surface area contributed by atoms with E-state index in [4.69, 9.17) is 28.4 Å². The van der Waals surface area contributed by atoms with Crippen molar-refractivity contribution < 1.29 is 69.0 Å². The van der Waals surface area contributed by atoms with Crippen molar-refractivity contribution in [2.75, 3.05) is 33.0 Å². The van der Waals surface area contributed by atoms with E-state index >= 15 is 0 Å². The summed E-state index contributed by atoms with van der Waals surface area (Å²) in [6.45, 7) is 3.62. The largest absolute Gasteiger partial charge is 0.457 e. The molecule has 11 atom stereocenters. The van der Waals surface area contributed by atoms with Gasteiger partial charge in [0.05, 0.1) is 26.4 Å². The summed E-state index contributed by atoms with van der Waals surface area (Å²) in [6, 6.07) is 0. The molecule has 0 aromatic rings. The average Bonchev–Trinajstić information content (AvgIpc) is 3.33. The Bertz CT molecular complexity index is 1310. The van der Waals surface area contributed by atoms with Gasteiger partial charge in [0.15, 0.2) is 12.6 Å². The van der Waals surface area contributed by atoms with Crippen LogP contribution in [-0.4, -0.2) is 142 Å². The van der Waals surface area contributed by atoms with Crippen LogP contribution in [0.1, 0.15) is 187 Å². The van der Waals surface area contributed by atoms with Crippen molar-refractivity contribution in [2.24, 2.45) is 0 Å². The maximum absolute atomic E-state index is 13.0. The third kappa shape index (κ3) is 28.7. The number of unbranched alkanes of at least 4 members (excludes halogenated alkanes) is 20. The van der Waals surface area contributed by atoms with Crippen LogP contribution < -0.4 is 0 Å². The van der Waals surface area contributed by atoms with Crippen LogP contribution in [0, 0.1) is 0 Å². The fraction of sp³-hybridized carbons (Fsp3) is 0.833. The molecule has 2 aliphatic heterocycles. The molecular formula is C54H96O14. The van der Waals surface area contributed by atoms with Crippen molar-refractivity contribution in [3.05, 3.63) is 48.6 Å². The van der Waals surface area contributed by atoms with Crippen molar-refractivity contribution in [3.63, 3.8) is 0 Å². The van der Waals surface area contributed by atoms with E-state index in [-0.39, 0.29) is 19.6 Å². The summed E-state index contributed by atoms with van der Waals surface area (Å²) >= 11 is 0. The topological polar surface area (TPSA) is 214 Å². The van der Waals surface area contributed by atoms with Crippen LogP contribution in [0.4, 0.5) is 0 Å². The molecule has 2 fully saturated rings. The van der Waals surface area contributed by atoms with Crippen LogP contribution >= 0.6 is 0 Å². The molecule has 0 radical (unpaired) electrons. The number of hydrogen-bond acceptors (Lipinski definition) is 14. The summed E-state index contributed by atoms with van der Waals surface area (Å²) in [5.74, 6) is -0.391. The quantitative estimate of drug-likeness (QED) is 0.0174. The molecule has 396 valence electrons. The first-order valence-electron chi connectivity index (χ1n) is 26.7. The van der Waals surface area contributed by atoms with Crippen LogP contribution in [0.3, 0.4) is 0 Å². The second-order valence-electron chi connectivity index (χ2n) is 18.7. The van der Waals surface area contributed by atoms with Crippen molar-refractivity contribution in [1.29, 1.82) is 0 Å². The standard InChI is InChI=1S/C54H96O14/c1-3-5-7-9-11-13-15-17-18-19-20-21-22-23-24-25-27-29-31-33-35-37-46(56)66-43(40-63-38-36-34-32-30-28-26-16-14-12-10-8-6-4-2)41-64-53-52(62)50(60)48(58)45(68-53)42-65-54-51(61)49(59)47(57)44(39-55)67-54/h12,14-15,17,19-20,22-23,43-45,47-55,57-62H,3-11,13,16,18,21,24-42H2,1-2H3/b14-12-,17-15-,20-19-,23-22-. The molecule has 0 aromatic carbocycles. The summed E-state index contributed by atoms with van der Waals surface area (Å²) < 4.78 is 34.3. The Morgan fingerprint density at radius 2 is 0.912 bits per heavy atom. The maximum atomic E-state index is 13.0. The Labute approximate surface area is 410 Å². The number of aliphatic hydroxyl groups is 7. The Hall–Kier alpha value is -2.05. The van der Waals surface area contributed by atoms with Crippen molar-refractivity contribution >= 4 is 5.97 Å². The third-order valence-electron chi connectivity index (χ3n) is 12.6. The average molecular weight is 969 g/mol. The van der Waals surface area contributed by atoms with Crippen LogP contribution in [-0.2, 0) is 33.2 Å². The molecule has 0 aromatic heterocycles. The molecule has 0 bridgehead atoms. The fourth-order valence-corrected chi connectivity index (χ4v) is 8.17. The number of carbonyl (C=O) groups excluding carboxylic acids is 1.